The minimum Gasteiger partial charge on any atom is -0.476 e. The van der Waals surface area contributed by atoms with E-state index in [0.717, 1.165) is 54.6 Å². The molecule has 0 amide bonds. The Labute approximate surface area is 260 Å². The smallest absolute Gasteiger partial charge is 0.264 e. The van der Waals surface area contributed by atoms with E-state index in [9.17, 15) is 8.42 Å². The van der Waals surface area contributed by atoms with Gasteiger partial charge in [0.2, 0.25) is 11.8 Å². The number of piperidine rings is 1. The minimum atomic E-state index is -3.97. The zero-order valence-electron chi connectivity index (χ0n) is 26.0. The van der Waals surface area contributed by atoms with Crippen LogP contribution in [0.1, 0.15) is 68.7 Å². The molecule has 2 unspecified atom stereocenters. The summed E-state index contributed by atoms with van der Waals surface area (Å²) in [5, 5.41) is 3.52. The average Bonchev–Trinajstić information content (AvgIpc) is 3.75. The van der Waals surface area contributed by atoms with Crippen LogP contribution in [0, 0.1) is 25.2 Å². The van der Waals surface area contributed by atoms with Crippen molar-refractivity contribution in [3.8, 4) is 17.1 Å². The molecule has 1 aliphatic carbocycles. The molecular formula is C34H43N5O4S. The topological polar surface area (TPSA) is 109 Å². The molecule has 3 atom stereocenters. The zero-order chi connectivity index (χ0) is 30.6. The Kier molecular flexibility index (Phi) is 7.67. The van der Waals surface area contributed by atoms with E-state index in [4.69, 9.17) is 9.47 Å². The Bertz CT molecular complexity index is 1630. The Morgan fingerprint density at radius 3 is 2.48 bits per heavy atom. The van der Waals surface area contributed by atoms with Crippen molar-refractivity contribution < 1.29 is 17.9 Å². The van der Waals surface area contributed by atoms with Crippen molar-refractivity contribution in [2.45, 2.75) is 89.1 Å². The number of nitrogens with one attached hydrogen (secondary N) is 2. The second-order valence-corrected chi connectivity index (χ2v) is 15.3. The number of rotatable bonds is 4. The summed E-state index contributed by atoms with van der Waals surface area (Å²) in [7, 11) is -3.97. The molecule has 234 valence electrons. The molecule has 44 heavy (non-hydrogen) atoms. The molecule has 1 spiro atoms. The highest BCUT2D eigenvalue weighted by Crippen LogP contribution is 2.54. The molecule has 4 heterocycles. The van der Waals surface area contributed by atoms with E-state index in [0.29, 0.717) is 35.6 Å². The lowest BCUT2D eigenvalue weighted by Gasteiger charge is -2.55. The van der Waals surface area contributed by atoms with Gasteiger partial charge in [-0.2, -0.15) is 4.98 Å². The van der Waals surface area contributed by atoms with Gasteiger partial charge in [0.25, 0.3) is 10.0 Å². The van der Waals surface area contributed by atoms with Gasteiger partial charge in [0.1, 0.15) is 18.9 Å². The van der Waals surface area contributed by atoms with E-state index in [1.54, 1.807) is 18.2 Å². The highest BCUT2D eigenvalue weighted by molar-refractivity contribution is 7.92. The van der Waals surface area contributed by atoms with Gasteiger partial charge < -0.3 is 14.8 Å². The SMILES string of the molecule is Cc1cccc(C)c1-c1cc2nc(n1)NS(=O)(=O)c1cccc(c1)C1OC1N(C1CC3(CCNCC3)C1)[C@H](CC(C)C)CO2. The quantitative estimate of drug-likeness (QED) is 0.365. The van der Waals surface area contributed by atoms with Gasteiger partial charge in [-0.05, 0) is 99.2 Å². The number of hydrogen-bond donors (Lipinski definition) is 2. The first kappa shape index (κ1) is 29.6. The van der Waals surface area contributed by atoms with E-state index in [1.165, 1.54) is 12.8 Å². The number of nitrogens with zero attached hydrogens (tertiary/aromatic N) is 3. The van der Waals surface area contributed by atoms with Crippen LogP contribution in [0.2, 0.25) is 0 Å². The number of hydrogen-bond acceptors (Lipinski definition) is 8. The summed E-state index contributed by atoms with van der Waals surface area (Å²) in [4.78, 5) is 12.0. The molecule has 9 nitrogen and oxygen atoms in total. The normalized spacial score (nSPS) is 27.4. The fourth-order valence-electron chi connectivity index (χ4n) is 7.73. The second-order valence-electron chi connectivity index (χ2n) is 13.7. The maximum absolute atomic E-state index is 13.6. The number of epoxide rings is 1. The predicted octanol–water partition coefficient (Wildman–Crippen LogP) is 5.60. The van der Waals surface area contributed by atoms with Crippen molar-refractivity contribution in [1.29, 1.82) is 0 Å². The van der Waals surface area contributed by atoms with Crippen molar-refractivity contribution in [2.75, 3.05) is 24.4 Å². The first-order chi connectivity index (χ1) is 21.1. The number of anilines is 1. The summed E-state index contributed by atoms with van der Waals surface area (Å²) < 4.78 is 42.8. The van der Waals surface area contributed by atoms with E-state index in [2.05, 4.69) is 38.8 Å². The van der Waals surface area contributed by atoms with Crippen LogP contribution in [-0.2, 0) is 14.8 Å². The Morgan fingerprint density at radius 2 is 1.75 bits per heavy atom. The molecule has 10 heteroatoms. The molecule has 1 saturated carbocycles. The molecule has 3 aromatic rings. The number of fused-ring (bicyclic) bond motifs is 6. The maximum Gasteiger partial charge on any atom is 0.264 e. The number of aromatic nitrogens is 2. The van der Waals surface area contributed by atoms with Gasteiger partial charge in [0, 0.05) is 23.7 Å². The highest BCUT2D eigenvalue weighted by atomic mass is 32.2. The summed E-state index contributed by atoms with van der Waals surface area (Å²) in [5.74, 6) is 0.801. The lowest BCUT2D eigenvalue weighted by atomic mass is 9.60. The number of benzene rings is 2. The van der Waals surface area contributed by atoms with Crippen molar-refractivity contribution in [2.24, 2.45) is 11.3 Å². The van der Waals surface area contributed by atoms with Gasteiger partial charge in [0.05, 0.1) is 10.6 Å². The van der Waals surface area contributed by atoms with Gasteiger partial charge in [-0.25, -0.2) is 18.1 Å². The Morgan fingerprint density at radius 1 is 1.02 bits per heavy atom. The van der Waals surface area contributed by atoms with Crippen LogP contribution in [0.5, 0.6) is 5.88 Å². The van der Waals surface area contributed by atoms with Gasteiger partial charge in [-0.3, -0.25) is 4.90 Å². The average molecular weight is 618 g/mol. The van der Waals surface area contributed by atoms with Crippen LogP contribution in [0.15, 0.2) is 53.4 Å². The Hall–Kier alpha value is -3.05. The summed E-state index contributed by atoms with van der Waals surface area (Å²) >= 11 is 0. The first-order valence-corrected chi connectivity index (χ1v) is 17.4. The van der Waals surface area contributed by atoms with Crippen molar-refractivity contribution in [1.82, 2.24) is 20.2 Å². The maximum atomic E-state index is 13.6. The second kappa shape index (κ2) is 11.4. The lowest BCUT2D eigenvalue weighted by Crippen LogP contribution is -2.59. The van der Waals surface area contributed by atoms with E-state index < -0.39 is 10.0 Å². The Balaban J connectivity index is 1.30. The molecule has 7 rings (SSSR count). The predicted molar refractivity (Wildman–Crippen MR) is 170 cm³/mol. The molecule has 4 aliphatic rings. The lowest BCUT2D eigenvalue weighted by molar-refractivity contribution is -0.0697. The minimum absolute atomic E-state index is 0.00716. The third kappa shape index (κ3) is 5.73. The molecule has 2 N–H and O–H groups in total. The molecule has 4 bridgehead atoms. The summed E-state index contributed by atoms with van der Waals surface area (Å²) in [5.41, 5.74) is 4.93. The number of sulfonamides is 1. The van der Waals surface area contributed by atoms with Gasteiger partial charge in [0.15, 0.2) is 0 Å². The van der Waals surface area contributed by atoms with Gasteiger partial charge in [-0.1, -0.05) is 44.2 Å². The zero-order valence-corrected chi connectivity index (χ0v) is 26.9. The summed E-state index contributed by atoms with van der Waals surface area (Å²) in [6, 6.07) is 15.5. The molecule has 3 fully saturated rings. The summed E-state index contributed by atoms with van der Waals surface area (Å²) in [6.07, 6.45) is 5.39. The number of aryl methyl sites for hydroxylation is 2. The molecule has 3 aliphatic heterocycles. The molecule has 2 aromatic carbocycles. The summed E-state index contributed by atoms with van der Waals surface area (Å²) in [6.45, 7) is 11.2. The van der Waals surface area contributed by atoms with E-state index >= 15 is 0 Å². The van der Waals surface area contributed by atoms with Crippen molar-refractivity contribution in [3.63, 3.8) is 0 Å². The molecule has 1 aromatic heterocycles. The van der Waals surface area contributed by atoms with Crippen molar-refractivity contribution >= 4 is 16.0 Å². The van der Waals surface area contributed by atoms with Crippen LogP contribution in [0.4, 0.5) is 5.95 Å². The molecular weight excluding hydrogens is 574 g/mol. The van der Waals surface area contributed by atoms with Crippen LogP contribution in [0.25, 0.3) is 11.3 Å². The largest absolute Gasteiger partial charge is 0.476 e. The van der Waals surface area contributed by atoms with Crippen molar-refractivity contribution in [3.05, 3.63) is 65.2 Å². The van der Waals surface area contributed by atoms with Crippen LogP contribution in [-0.4, -0.2) is 61.3 Å². The van der Waals surface area contributed by atoms with E-state index in [1.807, 2.05) is 44.2 Å². The molecule has 2 saturated heterocycles. The fraction of sp³-hybridized carbons (Fsp3) is 0.529. The fourth-order valence-corrected chi connectivity index (χ4v) is 8.73. The third-order valence-electron chi connectivity index (χ3n) is 9.94. The van der Waals surface area contributed by atoms with Crippen LogP contribution < -0.4 is 14.8 Å². The van der Waals surface area contributed by atoms with Crippen LogP contribution >= 0.6 is 0 Å². The van der Waals surface area contributed by atoms with Gasteiger partial charge >= 0.3 is 0 Å². The monoisotopic (exact) mass is 617 g/mol. The van der Waals surface area contributed by atoms with Crippen LogP contribution in [0.3, 0.4) is 0 Å². The first-order valence-electron chi connectivity index (χ1n) is 16.0. The number of ether oxygens (including phenoxy) is 2. The molecule has 0 radical (unpaired) electrons. The standard InChI is InChI=1S/C34H43N5O4S/c1-21(2)15-25-20-42-29-17-28(30-22(3)7-5-8-23(30)4)36-33(37-29)38-44(40,41)27-10-6-9-24(16-27)31-32(43-31)39(25)26-18-34(19-26)11-13-35-14-12-34/h5-10,16-17,21,25-26,31-32,35H,11-15,18-20H2,1-4H3,(H,36,37,38)/t25-,31?,32?/m1/s1. The third-order valence-corrected chi connectivity index (χ3v) is 11.3. The van der Waals surface area contributed by atoms with E-state index in [-0.39, 0.29) is 29.2 Å². The highest BCUT2D eigenvalue weighted by Gasteiger charge is 2.55. The van der Waals surface area contributed by atoms with Gasteiger partial charge in [-0.15, -0.1) is 0 Å².